The monoisotopic (exact) mass is 272 g/mol. The van der Waals surface area contributed by atoms with E-state index in [9.17, 15) is 10.1 Å². The van der Waals surface area contributed by atoms with Crippen molar-refractivity contribution < 1.29 is 4.92 Å². The highest BCUT2D eigenvalue weighted by molar-refractivity contribution is 5.59. The minimum absolute atomic E-state index is 0.0566. The quantitative estimate of drug-likeness (QED) is 0.479. The Morgan fingerprint density at radius 2 is 1.95 bits per heavy atom. The van der Waals surface area contributed by atoms with E-state index in [0.717, 1.165) is 12.8 Å². The number of nitro groups is 1. The molecule has 104 valence electrons. The van der Waals surface area contributed by atoms with Crippen molar-refractivity contribution in [3.63, 3.8) is 0 Å². The molecular weight excluding hydrogens is 256 g/mol. The molecule has 1 aromatic heterocycles. The lowest BCUT2D eigenvalue weighted by Gasteiger charge is -2.07. The molecule has 2 aromatic rings. The van der Waals surface area contributed by atoms with E-state index >= 15 is 0 Å². The lowest BCUT2D eigenvalue weighted by Crippen LogP contribution is -2.08. The van der Waals surface area contributed by atoms with Gasteiger partial charge >= 0.3 is 5.69 Å². The molecule has 0 spiro atoms. The molecule has 6 heteroatoms. The van der Waals surface area contributed by atoms with E-state index in [1.165, 1.54) is 17.7 Å². The number of hydrogen-bond acceptors (Lipinski definition) is 5. The van der Waals surface area contributed by atoms with Crippen molar-refractivity contribution >= 4 is 17.3 Å². The number of rotatable bonds is 6. The van der Waals surface area contributed by atoms with Crippen LogP contribution in [0.15, 0.2) is 42.5 Å². The Bertz CT molecular complexity index is 587. The Hall–Kier alpha value is -2.63. The van der Waals surface area contributed by atoms with Crippen LogP contribution < -0.4 is 11.1 Å². The van der Waals surface area contributed by atoms with Crippen LogP contribution in [0.5, 0.6) is 0 Å². The predicted octanol–water partition coefficient (Wildman–Crippen LogP) is 2.62. The highest BCUT2D eigenvalue weighted by atomic mass is 16.6. The number of nitrogens with zero attached hydrogens (tertiary/aromatic N) is 2. The number of anilines is 2. The maximum absolute atomic E-state index is 10.9. The van der Waals surface area contributed by atoms with E-state index in [1.54, 1.807) is 0 Å². The summed E-state index contributed by atoms with van der Waals surface area (Å²) < 4.78 is 0. The highest BCUT2D eigenvalue weighted by Crippen LogP contribution is 2.22. The van der Waals surface area contributed by atoms with Crippen molar-refractivity contribution in [3.05, 3.63) is 58.1 Å². The van der Waals surface area contributed by atoms with Crippen molar-refractivity contribution in [2.24, 2.45) is 0 Å². The van der Waals surface area contributed by atoms with Crippen molar-refractivity contribution in [2.75, 3.05) is 17.6 Å². The van der Waals surface area contributed by atoms with E-state index in [1.807, 2.05) is 18.2 Å². The summed E-state index contributed by atoms with van der Waals surface area (Å²) in [6.07, 6.45) is 1.77. The molecular formula is C14H16N4O2. The van der Waals surface area contributed by atoms with Gasteiger partial charge in [0.25, 0.3) is 0 Å². The maximum atomic E-state index is 10.9. The van der Waals surface area contributed by atoms with Crippen molar-refractivity contribution in [2.45, 2.75) is 12.8 Å². The Kier molecular flexibility index (Phi) is 4.49. The summed E-state index contributed by atoms with van der Waals surface area (Å²) in [6, 6.07) is 12.9. The first-order chi connectivity index (χ1) is 9.66. The molecule has 0 fully saturated rings. The molecule has 2 rings (SSSR count). The van der Waals surface area contributed by atoms with E-state index in [-0.39, 0.29) is 17.3 Å². The van der Waals surface area contributed by atoms with Gasteiger partial charge in [0.1, 0.15) is 5.82 Å². The normalized spacial score (nSPS) is 10.2. The fourth-order valence-electron chi connectivity index (χ4n) is 1.89. The zero-order valence-corrected chi connectivity index (χ0v) is 11.0. The van der Waals surface area contributed by atoms with Gasteiger partial charge in [0.2, 0.25) is 5.82 Å². The lowest BCUT2D eigenvalue weighted by atomic mass is 10.1. The molecule has 0 atom stereocenters. The average Bonchev–Trinajstić information content (AvgIpc) is 2.44. The van der Waals surface area contributed by atoms with Gasteiger partial charge in [0.15, 0.2) is 0 Å². The molecule has 0 aliphatic rings. The van der Waals surface area contributed by atoms with Gasteiger partial charge in [0, 0.05) is 12.6 Å². The minimum Gasteiger partial charge on any atom is -0.384 e. The number of aryl methyl sites for hydroxylation is 1. The molecule has 0 aliphatic heterocycles. The largest absolute Gasteiger partial charge is 0.384 e. The summed E-state index contributed by atoms with van der Waals surface area (Å²) in [5.41, 5.74) is 6.73. The lowest BCUT2D eigenvalue weighted by molar-refractivity contribution is -0.384. The van der Waals surface area contributed by atoms with E-state index in [2.05, 4.69) is 22.4 Å². The molecule has 0 bridgehead atoms. The summed E-state index contributed by atoms with van der Waals surface area (Å²) >= 11 is 0. The topological polar surface area (TPSA) is 94.1 Å². The summed E-state index contributed by atoms with van der Waals surface area (Å²) in [4.78, 5) is 14.4. The smallest absolute Gasteiger partial charge is 0.311 e. The van der Waals surface area contributed by atoms with Crippen LogP contribution >= 0.6 is 0 Å². The summed E-state index contributed by atoms with van der Waals surface area (Å²) in [5.74, 6) is 0.490. The standard InChI is InChI=1S/C14H16N4O2/c15-13-9-8-12(18(19)20)14(17-13)16-10-4-7-11-5-2-1-3-6-11/h1-3,5-6,8-9H,4,7,10H2,(H3,15,16,17). The van der Waals surface area contributed by atoms with Gasteiger partial charge in [-0.15, -0.1) is 0 Å². The molecule has 0 saturated heterocycles. The van der Waals surface area contributed by atoms with Crippen LogP contribution in [0.1, 0.15) is 12.0 Å². The molecule has 1 heterocycles. The number of aromatic nitrogens is 1. The van der Waals surface area contributed by atoms with E-state index in [0.29, 0.717) is 6.54 Å². The van der Waals surface area contributed by atoms with Crippen LogP contribution in [0.4, 0.5) is 17.3 Å². The van der Waals surface area contributed by atoms with Gasteiger partial charge in [-0.3, -0.25) is 10.1 Å². The Morgan fingerprint density at radius 1 is 1.20 bits per heavy atom. The third-order valence-corrected chi connectivity index (χ3v) is 2.87. The maximum Gasteiger partial charge on any atom is 0.311 e. The summed E-state index contributed by atoms with van der Waals surface area (Å²) in [6.45, 7) is 0.603. The molecule has 3 N–H and O–H groups in total. The SMILES string of the molecule is Nc1ccc([N+](=O)[O-])c(NCCCc2ccccc2)n1. The molecule has 20 heavy (non-hydrogen) atoms. The number of nitrogens with two attached hydrogens (primary N) is 1. The molecule has 1 aromatic carbocycles. The van der Waals surface area contributed by atoms with Gasteiger partial charge in [0.05, 0.1) is 4.92 Å². The van der Waals surface area contributed by atoms with Crippen molar-refractivity contribution in [1.82, 2.24) is 4.98 Å². The van der Waals surface area contributed by atoms with Crippen LogP contribution in [-0.4, -0.2) is 16.5 Å². The summed E-state index contributed by atoms with van der Waals surface area (Å²) in [5, 5.41) is 13.8. The first-order valence-electron chi connectivity index (χ1n) is 6.35. The second-order valence-corrected chi connectivity index (χ2v) is 4.38. The minimum atomic E-state index is -0.466. The molecule has 6 nitrogen and oxygen atoms in total. The number of nitrogen functional groups attached to an aromatic ring is 1. The summed E-state index contributed by atoms with van der Waals surface area (Å²) in [7, 11) is 0. The second-order valence-electron chi connectivity index (χ2n) is 4.38. The van der Waals surface area contributed by atoms with Crippen LogP contribution in [0.2, 0.25) is 0 Å². The van der Waals surface area contributed by atoms with Gasteiger partial charge in [-0.1, -0.05) is 30.3 Å². The zero-order chi connectivity index (χ0) is 14.4. The fraction of sp³-hybridized carbons (Fsp3) is 0.214. The van der Waals surface area contributed by atoms with Crippen LogP contribution in [0.25, 0.3) is 0 Å². The third-order valence-electron chi connectivity index (χ3n) is 2.87. The first kappa shape index (κ1) is 13.8. The molecule has 0 radical (unpaired) electrons. The van der Waals surface area contributed by atoms with Crippen LogP contribution in [-0.2, 0) is 6.42 Å². The Labute approximate surface area is 116 Å². The van der Waals surface area contributed by atoms with E-state index < -0.39 is 4.92 Å². The average molecular weight is 272 g/mol. The van der Waals surface area contributed by atoms with E-state index in [4.69, 9.17) is 5.73 Å². The van der Waals surface area contributed by atoms with Crippen molar-refractivity contribution in [3.8, 4) is 0 Å². The number of benzene rings is 1. The van der Waals surface area contributed by atoms with Crippen molar-refractivity contribution in [1.29, 1.82) is 0 Å². The first-order valence-corrected chi connectivity index (χ1v) is 6.35. The van der Waals surface area contributed by atoms with Gasteiger partial charge in [-0.25, -0.2) is 4.98 Å². The number of pyridine rings is 1. The molecule has 0 aliphatic carbocycles. The third kappa shape index (κ3) is 3.68. The Morgan fingerprint density at radius 3 is 2.65 bits per heavy atom. The predicted molar refractivity (Wildman–Crippen MR) is 78.6 cm³/mol. The zero-order valence-electron chi connectivity index (χ0n) is 11.0. The van der Waals surface area contributed by atoms with Gasteiger partial charge < -0.3 is 11.1 Å². The second kappa shape index (κ2) is 6.51. The number of hydrogen-bond donors (Lipinski definition) is 2. The Balaban J connectivity index is 1.91. The molecule has 0 amide bonds. The fourth-order valence-corrected chi connectivity index (χ4v) is 1.89. The molecule has 0 saturated carbocycles. The van der Waals surface area contributed by atoms with Gasteiger partial charge in [-0.05, 0) is 24.5 Å². The van der Waals surface area contributed by atoms with Crippen LogP contribution in [0, 0.1) is 10.1 Å². The highest BCUT2D eigenvalue weighted by Gasteiger charge is 2.14. The van der Waals surface area contributed by atoms with Crippen LogP contribution in [0.3, 0.4) is 0 Å². The van der Waals surface area contributed by atoms with Gasteiger partial charge in [-0.2, -0.15) is 0 Å². The number of nitrogens with one attached hydrogen (secondary N) is 1. The molecule has 0 unspecified atom stereocenters.